The number of aryl methyl sites for hydroxylation is 1. The van der Waals surface area contributed by atoms with Crippen LogP contribution in [0.15, 0.2) is 91.0 Å². The average molecular weight is 519 g/mol. The van der Waals surface area contributed by atoms with Gasteiger partial charge in [-0.3, -0.25) is 19.3 Å². The Morgan fingerprint density at radius 2 is 1.41 bits per heavy atom. The molecule has 7 atom stereocenters. The summed E-state index contributed by atoms with van der Waals surface area (Å²) in [5.41, 5.74) is 2.63. The second-order valence-corrected chi connectivity index (χ2v) is 11.3. The minimum Gasteiger partial charge on any atom is -0.457 e. The number of nitrogens with zero attached hydrogens (tertiary/aromatic N) is 1. The quantitative estimate of drug-likeness (QED) is 0.336. The van der Waals surface area contributed by atoms with Gasteiger partial charge in [0.2, 0.25) is 17.7 Å². The van der Waals surface area contributed by atoms with Crippen molar-refractivity contribution < 1.29 is 19.1 Å². The standard InChI is InChI=1S/C33H30N2O4/c1-19-7-11-22(12-8-19)39-23-13-9-21(10-14-23)34-31(36)28(17-20-5-3-2-4-6-20)35-32(37)29-24-15-16-25(27-18-26(24)27)30(29)33(35)38/h2-16,24-30H,17-18H2,1H3,(H,34,36)/t24-,25-,26-,27-,28+,29-,30+/m1/s1. The summed E-state index contributed by atoms with van der Waals surface area (Å²) in [6, 6.07) is 23.6. The van der Waals surface area contributed by atoms with E-state index in [-0.39, 0.29) is 47.8 Å². The number of benzene rings is 3. The van der Waals surface area contributed by atoms with E-state index in [4.69, 9.17) is 4.74 Å². The molecule has 5 aliphatic rings. The first-order valence-electron chi connectivity index (χ1n) is 13.7. The Kier molecular flexibility index (Phi) is 5.65. The van der Waals surface area contributed by atoms with E-state index in [1.807, 2.05) is 61.5 Å². The van der Waals surface area contributed by atoms with Crippen molar-refractivity contribution in [2.45, 2.75) is 25.8 Å². The fraction of sp³-hybridized carbons (Fsp3) is 0.303. The van der Waals surface area contributed by atoms with Gasteiger partial charge >= 0.3 is 0 Å². The van der Waals surface area contributed by atoms with Crippen LogP contribution in [0.2, 0.25) is 0 Å². The molecule has 39 heavy (non-hydrogen) atoms. The van der Waals surface area contributed by atoms with Gasteiger partial charge in [-0.2, -0.15) is 0 Å². The Bertz CT molecular complexity index is 1430. The third-order valence-electron chi connectivity index (χ3n) is 8.96. The Morgan fingerprint density at radius 1 is 0.846 bits per heavy atom. The smallest absolute Gasteiger partial charge is 0.248 e. The van der Waals surface area contributed by atoms with Gasteiger partial charge in [-0.15, -0.1) is 0 Å². The Morgan fingerprint density at radius 3 is 2.00 bits per heavy atom. The maximum absolute atomic E-state index is 13.8. The van der Waals surface area contributed by atoms with Gasteiger partial charge in [0.15, 0.2) is 0 Å². The van der Waals surface area contributed by atoms with Gasteiger partial charge < -0.3 is 10.1 Å². The average Bonchev–Trinajstić information content (AvgIpc) is 3.73. The van der Waals surface area contributed by atoms with Crippen molar-refractivity contribution in [1.29, 1.82) is 0 Å². The summed E-state index contributed by atoms with van der Waals surface area (Å²) in [5, 5.41) is 2.96. The molecule has 8 rings (SSSR count). The molecule has 6 heteroatoms. The topological polar surface area (TPSA) is 75.7 Å². The molecule has 2 saturated carbocycles. The van der Waals surface area contributed by atoms with E-state index < -0.39 is 6.04 Å². The summed E-state index contributed by atoms with van der Waals surface area (Å²) in [6.45, 7) is 2.02. The molecule has 0 aromatic heterocycles. The van der Waals surface area contributed by atoms with Crippen LogP contribution in [0.5, 0.6) is 11.5 Å². The fourth-order valence-corrected chi connectivity index (χ4v) is 7.00. The molecule has 1 heterocycles. The predicted molar refractivity (Wildman–Crippen MR) is 147 cm³/mol. The van der Waals surface area contributed by atoms with Crippen molar-refractivity contribution in [2.75, 3.05) is 5.32 Å². The Balaban J connectivity index is 1.12. The van der Waals surface area contributed by atoms with Gasteiger partial charge in [-0.05, 0) is 79.0 Å². The highest BCUT2D eigenvalue weighted by Gasteiger charge is 2.67. The monoisotopic (exact) mass is 518 g/mol. The third-order valence-corrected chi connectivity index (χ3v) is 8.96. The molecule has 1 aliphatic heterocycles. The van der Waals surface area contributed by atoms with Crippen LogP contribution in [-0.4, -0.2) is 28.7 Å². The lowest BCUT2D eigenvalue weighted by Crippen LogP contribution is -2.49. The van der Waals surface area contributed by atoms with Crippen molar-refractivity contribution in [3.05, 3.63) is 102 Å². The van der Waals surface area contributed by atoms with Crippen LogP contribution >= 0.6 is 0 Å². The minimum atomic E-state index is -0.919. The molecule has 3 amide bonds. The van der Waals surface area contributed by atoms with Gasteiger partial charge in [-0.1, -0.05) is 60.2 Å². The highest BCUT2D eigenvalue weighted by Crippen LogP contribution is 2.65. The number of carbonyl (C=O) groups is 3. The second kappa shape index (κ2) is 9.23. The molecule has 3 aromatic rings. The van der Waals surface area contributed by atoms with Gasteiger partial charge in [0.1, 0.15) is 17.5 Å². The number of hydrogen-bond donors (Lipinski definition) is 1. The minimum absolute atomic E-state index is 0.118. The number of rotatable bonds is 7. The van der Waals surface area contributed by atoms with Crippen molar-refractivity contribution in [1.82, 2.24) is 4.90 Å². The largest absolute Gasteiger partial charge is 0.457 e. The molecule has 0 unspecified atom stereocenters. The maximum atomic E-state index is 13.8. The zero-order valence-corrected chi connectivity index (χ0v) is 21.7. The van der Waals surface area contributed by atoms with Crippen LogP contribution in [-0.2, 0) is 20.8 Å². The number of hydrogen-bond acceptors (Lipinski definition) is 4. The zero-order chi connectivity index (χ0) is 26.7. The van der Waals surface area contributed by atoms with Crippen LogP contribution < -0.4 is 10.1 Å². The number of nitrogens with one attached hydrogen (secondary N) is 1. The summed E-state index contributed by atoms with van der Waals surface area (Å²) in [7, 11) is 0. The van der Waals surface area contributed by atoms with E-state index in [0.29, 0.717) is 23.3 Å². The van der Waals surface area contributed by atoms with Gasteiger partial charge in [0, 0.05) is 12.1 Å². The second-order valence-electron chi connectivity index (χ2n) is 11.3. The molecule has 196 valence electrons. The van der Waals surface area contributed by atoms with Crippen molar-refractivity contribution in [3.8, 4) is 11.5 Å². The first kappa shape index (κ1) is 23.9. The lowest BCUT2D eigenvalue weighted by Gasteiger charge is -2.37. The molecule has 4 aliphatic carbocycles. The first-order chi connectivity index (χ1) is 19.0. The molecule has 3 fully saturated rings. The van der Waals surface area contributed by atoms with Crippen molar-refractivity contribution >= 4 is 23.4 Å². The van der Waals surface area contributed by atoms with Gasteiger partial charge in [0.25, 0.3) is 0 Å². The van der Waals surface area contributed by atoms with E-state index in [1.165, 1.54) is 4.90 Å². The zero-order valence-electron chi connectivity index (χ0n) is 21.7. The summed E-state index contributed by atoms with van der Waals surface area (Å²) in [5.74, 6) is 1.24. The number of anilines is 1. The predicted octanol–water partition coefficient (Wildman–Crippen LogP) is 5.39. The Labute approximate surface area is 227 Å². The van der Waals surface area contributed by atoms with E-state index in [1.54, 1.807) is 24.3 Å². The molecule has 0 spiro atoms. The molecule has 3 aromatic carbocycles. The molecule has 1 N–H and O–H groups in total. The molecular weight excluding hydrogens is 488 g/mol. The van der Waals surface area contributed by atoms with E-state index in [9.17, 15) is 14.4 Å². The number of amides is 3. The molecule has 6 nitrogen and oxygen atoms in total. The van der Waals surface area contributed by atoms with Crippen LogP contribution in [0, 0.1) is 42.4 Å². The number of likely N-dealkylation sites (tertiary alicyclic amines) is 1. The van der Waals surface area contributed by atoms with Crippen LogP contribution in [0.1, 0.15) is 17.5 Å². The lowest BCUT2D eigenvalue weighted by molar-refractivity contribution is -0.146. The van der Waals surface area contributed by atoms with E-state index in [2.05, 4.69) is 17.5 Å². The number of ether oxygens (including phenoxy) is 1. The third kappa shape index (κ3) is 4.15. The normalized spacial score (nSPS) is 28.6. The van der Waals surface area contributed by atoms with Crippen molar-refractivity contribution in [3.63, 3.8) is 0 Å². The fourth-order valence-electron chi connectivity index (χ4n) is 7.00. The molecule has 1 saturated heterocycles. The summed E-state index contributed by atoms with van der Waals surface area (Å²) >= 11 is 0. The summed E-state index contributed by atoms with van der Waals surface area (Å²) in [4.78, 5) is 42.7. The number of imide groups is 1. The first-order valence-corrected chi connectivity index (χ1v) is 13.7. The molecule has 2 bridgehead atoms. The van der Waals surface area contributed by atoms with E-state index in [0.717, 1.165) is 23.3 Å². The highest BCUT2D eigenvalue weighted by atomic mass is 16.5. The van der Waals surface area contributed by atoms with Gasteiger partial charge in [0.05, 0.1) is 11.8 Å². The van der Waals surface area contributed by atoms with Crippen LogP contribution in [0.3, 0.4) is 0 Å². The number of carbonyl (C=O) groups excluding carboxylic acids is 3. The highest BCUT2D eigenvalue weighted by molar-refractivity contribution is 6.10. The molecular formula is C33H30N2O4. The van der Waals surface area contributed by atoms with Crippen LogP contribution in [0.4, 0.5) is 5.69 Å². The van der Waals surface area contributed by atoms with Crippen LogP contribution in [0.25, 0.3) is 0 Å². The summed E-state index contributed by atoms with van der Waals surface area (Å²) in [6.07, 6.45) is 5.68. The summed E-state index contributed by atoms with van der Waals surface area (Å²) < 4.78 is 5.91. The lowest BCUT2D eigenvalue weighted by atomic mass is 9.63. The SMILES string of the molecule is Cc1ccc(Oc2ccc(NC(=O)[C@H](Cc3ccccc3)N3C(=O)[C@@H]4[C@@H]5C=C[C@H]([C@H]6C[C@H]56)[C@@H]4C3=O)cc2)cc1. The molecule has 0 radical (unpaired) electrons. The maximum Gasteiger partial charge on any atom is 0.248 e. The van der Waals surface area contributed by atoms with E-state index >= 15 is 0 Å². The Hall–Kier alpha value is -4.19. The van der Waals surface area contributed by atoms with Crippen molar-refractivity contribution in [2.24, 2.45) is 35.5 Å². The van der Waals surface area contributed by atoms with Gasteiger partial charge in [-0.25, -0.2) is 0 Å². The number of allylic oxidation sites excluding steroid dienone is 2.